The monoisotopic (exact) mass is 340 g/mol. The zero-order chi connectivity index (χ0) is 17.3. The molecule has 1 aromatic heterocycles. The van der Waals surface area contributed by atoms with E-state index in [-0.39, 0.29) is 16.9 Å². The number of nitrogens with zero attached hydrogens (tertiary/aromatic N) is 1. The third-order valence-corrected chi connectivity index (χ3v) is 4.45. The number of fused-ring (bicyclic) bond motifs is 1. The van der Waals surface area contributed by atoms with Crippen LogP contribution in [0.25, 0.3) is 10.9 Å². The molecule has 1 aliphatic rings. The van der Waals surface area contributed by atoms with Gasteiger partial charge in [-0.1, -0.05) is 0 Å². The van der Waals surface area contributed by atoms with Crippen molar-refractivity contribution in [3.63, 3.8) is 0 Å². The lowest BCUT2D eigenvalue weighted by molar-refractivity contribution is -0.136. The van der Waals surface area contributed by atoms with Crippen LogP contribution in [0.5, 0.6) is 0 Å². The molecule has 0 spiro atoms. The summed E-state index contributed by atoms with van der Waals surface area (Å²) in [6.45, 7) is 1.32. The molecule has 2 aromatic rings. The van der Waals surface area contributed by atoms with Gasteiger partial charge in [-0.25, -0.2) is 0 Å². The van der Waals surface area contributed by atoms with Gasteiger partial charge < -0.3 is 14.6 Å². The van der Waals surface area contributed by atoms with Crippen LogP contribution in [0.4, 0.5) is 18.9 Å². The van der Waals surface area contributed by atoms with Crippen molar-refractivity contribution in [2.24, 2.45) is 0 Å². The third-order valence-electron chi connectivity index (χ3n) is 4.45. The van der Waals surface area contributed by atoms with Crippen molar-refractivity contribution in [3.8, 4) is 0 Å². The van der Waals surface area contributed by atoms with Crippen molar-refractivity contribution < 1.29 is 17.9 Å². The number of H-pyrrole nitrogens is 1. The number of benzene rings is 1. The van der Waals surface area contributed by atoms with Gasteiger partial charge in [-0.05, 0) is 37.5 Å². The van der Waals surface area contributed by atoms with E-state index in [0.717, 1.165) is 31.5 Å². The fourth-order valence-corrected chi connectivity index (χ4v) is 3.36. The smallest absolute Gasteiger partial charge is 0.383 e. The highest BCUT2D eigenvalue weighted by Crippen LogP contribution is 2.35. The number of pyridine rings is 1. The molecule has 0 bridgehead atoms. The second-order valence-corrected chi connectivity index (χ2v) is 6.07. The van der Waals surface area contributed by atoms with Crippen LogP contribution in [0.1, 0.15) is 24.8 Å². The van der Waals surface area contributed by atoms with Crippen LogP contribution in [-0.2, 0) is 10.9 Å². The minimum atomic E-state index is -4.57. The Kier molecular flexibility index (Phi) is 4.54. The summed E-state index contributed by atoms with van der Waals surface area (Å²) in [4.78, 5) is 16.1. The largest absolute Gasteiger partial charge is 0.417 e. The molecule has 1 N–H and O–H groups in total. The van der Waals surface area contributed by atoms with Crippen molar-refractivity contribution in [2.45, 2.75) is 31.5 Å². The predicted molar refractivity (Wildman–Crippen MR) is 86.4 cm³/mol. The van der Waals surface area contributed by atoms with Crippen LogP contribution < -0.4 is 10.5 Å². The number of hydrogen-bond donors (Lipinski definition) is 1. The number of nitrogens with one attached hydrogen (secondary N) is 1. The number of methoxy groups -OCH3 is 1. The Balaban J connectivity index is 2.10. The first-order valence-corrected chi connectivity index (χ1v) is 7.90. The first-order chi connectivity index (χ1) is 11.4. The maximum atomic E-state index is 13.3. The maximum absolute atomic E-state index is 13.3. The van der Waals surface area contributed by atoms with Gasteiger partial charge in [0.15, 0.2) is 0 Å². The molecule has 1 aliphatic heterocycles. The molecule has 1 aromatic carbocycles. The zero-order valence-electron chi connectivity index (χ0n) is 13.3. The molecule has 0 radical (unpaired) electrons. The lowest BCUT2D eigenvalue weighted by Crippen LogP contribution is -2.42. The second kappa shape index (κ2) is 6.47. The highest BCUT2D eigenvalue weighted by atomic mass is 19.4. The Morgan fingerprint density at radius 2 is 2.08 bits per heavy atom. The van der Waals surface area contributed by atoms with Crippen LogP contribution in [0.2, 0.25) is 0 Å². The lowest BCUT2D eigenvalue weighted by Gasteiger charge is -2.37. The molecule has 7 heteroatoms. The molecule has 1 unspecified atom stereocenters. The first kappa shape index (κ1) is 16.8. The van der Waals surface area contributed by atoms with Crippen molar-refractivity contribution in [1.29, 1.82) is 0 Å². The summed E-state index contributed by atoms with van der Waals surface area (Å²) in [5.74, 6) is 0. The van der Waals surface area contributed by atoms with E-state index in [1.54, 1.807) is 19.2 Å². The van der Waals surface area contributed by atoms with E-state index >= 15 is 0 Å². The lowest BCUT2D eigenvalue weighted by atomic mass is 10.0. The molecule has 130 valence electrons. The predicted octanol–water partition coefficient (Wildman–Crippen LogP) is 3.55. The van der Waals surface area contributed by atoms with Crippen molar-refractivity contribution >= 4 is 16.6 Å². The SMILES string of the molecule is COCC1CCCCN1c1ccc2[nH]c(=O)cc(C(F)(F)F)c2c1. The van der Waals surface area contributed by atoms with Gasteiger partial charge in [-0.2, -0.15) is 13.2 Å². The Morgan fingerprint density at radius 3 is 2.79 bits per heavy atom. The van der Waals surface area contributed by atoms with Gasteiger partial charge in [0.25, 0.3) is 0 Å². The molecule has 24 heavy (non-hydrogen) atoms. The summed E-state index contributed by atoms with van der Waals surface area (Å²) in [7, 11) is 1.62. The molecular weight excluding hydrogens is 321 g/mol. The highest BCUT2D eigenvalue weighted by molar-refractivity contribution is 5.86. The Labute approximate surface area is 137 Å². The zero-order valence-corrected chi connectivity index (χ0v) is 13.3. The van der Waals surface area contributed by atoms with Gasteiger partial charge in [0.2, 0.25) is 5.56 Å². The summed E-state index contributed by atoms with van der Waals surface area (Å²) in [6, 6.07) is 5.58. The number of aromatic nitrogens is 1. The summed E-state index contributed by atoms with van der Waals surface area (Å²) >= 11 is 0. The van der Waals surface area contributed by atoms with Crippen LogP contribution in [0, 0.1) is 0 Å². The maximum Gasteiger partial charge on any atom is 0.417 e. The number of piperidine rings is 1. The molecule has 0 saturated carbocycles. The van der Waals surface area contributed by atoms with Crippen molar-refractivity contribution in [3.05, 3.63) is 40.2 Å². The van der Waals surface area contributed by atoms with E-state index in [1.165, 1.54) is 6.07 Å². The number of aromatic amines is 1. The molecule has 0 aliphatic carbocycles. The number of anilines is 1. The average Bonchev–Trinajstić information content (AvgIpc) is 2.54. The van der Waals surface area contributed by atoms with E-state index in [1.807, 2.05) is 0 Å². The summed E-state index contributed by atoms with van der Waals surface area (Å²) in [5.41, 5.74) is -0.734. The molecule has 1 saturated heterocycles. The minimum Gasteiger partial charge on any atom is -0.383 e. The quantitative estimate of drug-likeness (QED) is 0.929. The Bertz CT molecular complexity index is 783. The first-order valence-electron chi connectivity index (χ1n) is 7.90. The Hall–Kier alpha value is -2.02. The van der Waals surface area contributed by atoms with E-state index in [4.69, 9.17) is 4.74 Å². The molecule has 1 fully saturated rings. The number of halogens is 3. The Morgan fingerprint density at radius 1 is 1.29 bits per heavy atom. The van der Waals surface area contributed by atoms with Gasteiger partial charge in [0.1, 0.15) is 0 Å². The van der Waals surface area contributed by atoms with E-state index in [2.05, 4.69) is 9.88 Å². The van der Waals surface area contributed by atoms with Gasteiger partial charge in [0.05, 0.1) is 18.2 Å². The van der Waals surface area contributed by atoms with Gasteiger partial charge in [0, 0.05) is 36.3 Å². The topological polar surface area (TPSA) is 45.3 Å². The average molecular weight is 340 g/mol. The molecule has 0 amide bonds. The van der Waals surface area contributed by atoms with Crippen LogP contribution in [-0.4, -0.2) is 31.3 Å². The van der Waals surface area contributed by atoms with Crippen LogP contribution >= 0.6 is 0 Å². The summed E-state index contributed by atoms with van der Waals surface area (Å²) in [6.07, 6.45) is -1.54. The molecule has 3 rings (SSSR count). The van der Waals surface area contributed by atoms with Gasteiger partial charge in [-0.15, -0.1) is 0 Å². The van der Waals surface area contributed by atoms with Gasteiger partial charge in [-0.3, -0.25) is 4.79 Å². The highest BCUT2D eigenvalue weighted by Gasteiger charge is 2.33. The summed E-state index contributed by atoms with van der Waals surface area (Å²) < 4.78 is 45.1. The molecule has 2 heterocycles. The standard InChI is InChI=1S/C17H19F3N2O2/c1-24-10-12-4-2-3-7-22(12)11-5-6-15-13(8-11)14(17(18,19)20)9-16(23)21-15/h5-6,8-9,12H,2-4,7,10H2,1H3,(H,21,23). The van der Waals surface area contributed by atoms with Gasteiger partial charge >= 0.3 is 6.18 Å². The number of hydrogen-bond acceptors (Lipinski definition) is 3. The fourth-order valence-electron chi connectivity index (χ4n) is 3.36. The summed E-state index contributed by atoms with van der Waals surface area (Å²) in [5, 5.41) is 0.0151. The van der Waals surface area contributed by atoms with E-state index in [0.29, 0.717) is 12.7 Å². The van der Waals surface area contributed by atoms with E-state index in [9.17, 15) is 18.0 Å². The van der Waals surface area contributed by atoms with E-state index < -0.39 is 17.3 Å². The molecule has 1 atom stereocenters. The number of alkyl halides is 3. The third kappa shape index (κ3) is 3.26. The second-order valence-electron chi connectivity index (χ2n) is 6.07. The van der Waals surface area contributed by atoms with Crippen LogP contribution in [0.3, 0.4) is 0 Å². The van der Waals surface area contributed by atoms with Crippen molar-refractivity contribution in [1.82, 2.24) is 4.98 Å². The minimum absolute atomic E-state index is 0.0151. The van der Waals surface area contributed by atoms with Crippen molar-refractivity contribution in [2.75, 3.05) is 25.2 Å². The fraction of sp³-hybridized carbons (Fsp3) is 0.471. The number of rotatable bonds is 3. The molecular formula is C17H19F3N2O2. The molecule has 4 nitrogen and oxygen atoms in total. The normalized spacial score (nSPS) is 19.0. The van der Waals surface area contributed by atoms with Crippen LogP contribution in [0.15, 0.2) is 29.1 Å². The number of ether oxygens (including phenoxy) is 1.